The molecule has 0 saturated carbocycles. The van der Waals surface area contributed by atoms with Crippen LogP contribution in [0.2, 0.25) is 0 Å². The lowest BCUT2D eigenvalue weighted by atomic mass is 9.89. The van der Waals surface area contributed by atoms with Gasteiger partial charge >= 0.3 is 5.97 Å². The Hall–Kier alpha value is -2.88. The van der Waals surface area contributed by atoms with Crippen molar-refractivity contribution in [3.63, 3.8) is 0 Å². The highest BCUT2D eigenvalue weighted by Gasteiger charge is 2.30. The number of hydrogen-bond donors (Lipinski definition) is 1. The maximum absolute atomic E-state index is 11.5. The summed E-state index contributed by atoms with van der Waals surface area (Å²) in [5.41, 5.74) is 3.25. The highest BCUT2D eigenvalue weighted by Crippen LogP contribution is 2.33. The Balaban J connectivity index is 1.65. The Labute approximate surface area is 140 Å². The lowest BCUT2D eigenvalue weighted by Gasteiger charge is -2.21. The van der Waals surface area contributed by atoms with Gasteiger partial charge in [-0.15, -0.1) is 0 Å². The number of benzene rings is 2. The summed E-state index contributed by atoms with van der Waals surface area (Å²) in [4.78, 5) is 11.5. The van der Waals surface area contributed by atoms with Gasteiger partial charge in [-0.05, 0) is 30.5 Å². The summed E-state index contributed by atoms with van der Waals surface area (Å²) in [7, 11) is 0. The number of H-pyrrole nitrogens is 1. The van der Waals surface area contributed by atoms with Gasteiger partial charge in [0.1, 0.15) is 6.10 Å². The van der Waals surface area contributed by atoms with E-state index in [0.717, 1.165) is 29.4 Å². The number of hydrogen-bond acceptors (Lipinski definition) is 3. The Kier molecular flexibility index (Phi) is 3.87. The van der Waals surface area contributed by atoms with Crippen molar-refractivity contribution in [2.75, 3.05) is 0 Å². The number of para-hydroxylation sites is 1. The van der Waals surface area contributed by atoms with Gasteiger partial charge in [0, 0.05) is 17.4 Å². The molecule has 4 nitrogen and oxygen atoms in total. The maximum atomic E-state index is 11.5. The van der Waals surface area contributed by atoms with Crippen LogP contribution in [-0.4, -0.2) is 22.3 Å². The molecule has 0 amide bonds. The Morgan fingerprint density at radius 1 is 1.08 bits per heavy atom. The summed E-state index contributed by atoms with van der Waals surface area (Å²) in [6, 6.07) is 18.4. The standard InChI is InChI=1S/C20H18N2O2/c23-19-13-12-18(24-19)16(11-10-14-6-2-1-3-7-14)20-15-8-4-5-9-17(15)21-22-20/h1-9,12-13,16,18H,10-11H2,(H,21,22). The molecule has 0 fully saturated rings. The molecule has 2 aromatic carbocycles. The van der Waals surface area contributed by atoms with E-state index in [2.05, 4.69) is 28.4 Å². The van der Waals surface area contributed by atoms with Crippen molar-refractivity contribution < 1.29 is 9.53 Å². The zero-order valence-corrected chi connectivity index (χ0v) is 13.2. The molecule has 1 aliphatic rings. The third-order valence-corrected chi connectivity index (χ3v) is 4.52. The van der Waals surface area contributed by atoms with Crippen LogP contribution in [0.1, 0.15) is 23.6 Å². The Bertz CT molecular complexity index is 883. The van der Waals surface area contributed by atoms with Crippen LogP contribution >= 0.6 is 0 Å². The van der Waals surface area contributed by atoms with Crippen molar-refractivity contribution in [1.82, 2.24) is 10.2 Å². The summed E-state index contributed by atoms with van der Waals surface area (Å²) >= 11 is 0. The molecule has 1 aromatic heterocycles. The third-order valence-electron chi connectivity index (χ3n) is 4.52. The van der Waals surface area contributed by atoms with Crippen LogP contribution in [0.15, 0.2) is 66.7 Å². The fraction of sp³-hybridized carbons (Fsp3) is 0.200. The summed E-state index contributed by atoms with van der Waals surface area (Å²) in [5, 5.41) is 8.65. The summed E-state index contributed by atoms with van der Waals surface area (Å²) in [5.74, 6) is -0.214. The number of aromatic amines is 1. The van der Waals surface area contributed by atoms with Gasteiger partial charge in [0.05, 0.1) is 11.2 Å². The molecule has 1 N–H and O–H groups in total. The third kappa shape index (κ3) is 2.83. The van der Waals surface area contributed by atoms with E-state index in [-0.39, 0.29) is 18.0 Å². The largest absolute Gasteiger partial charge is 0.454 e. The fourth-order valence-corrected chi connectivity index (χ4v) is 3.30. The van der Waals surface area contributed by atoms with Crippen molar-refractivity contribution >= 4 is 16.9 Å². The number of nitrogens with zero attached hydrogens (tertiary/aromatic N) is 1. The molecule has 24 heavy (non-hydrogen) atoms. The maximum Gasteiger partial charge on any atom is 0.331 e. The minimum Gasteiger partial charge on any atom is -0.454 e. The van der Waals surface area contributed by atoms with E-state index in [1.165, 1.54) is 11.6 Å². The van der Waals surface area contributed by atoms with Gasteiger partial charge in [0.15, 0.2) is 0 Å². The average Bonchev–Trinajstić information content (AvgIpc) is 3.23. The number of cyclic esters (lactones) is 1. The van der Waals surface area contributed by atoms with Crippen LogP contribution in [-0.2, 0) is 16.0 Å². The van der Waals surface area contributed by atoms with Gasteiger partial charge in [-0.1, -0.05) is 48.5 Å². The number of aromatic nitrogens is 2. The molecule has 0 aliphatic carbocycles. The van der Waals surface area contributed by atoms with Crippen LogP contribution in [0.3, 0.4) is 0 Å². The van der Waals surface area contributed by atoms with E-state index in [4.69, 9.17) is 4.74 Å². The molecule has 2 heterocycles. The molecular formula is C20H18N2O2. The van der Waals surface area contributed by atoms with Crippen LogP contribution in [0.4, 0.5) is 0 Å². The van der Waals surface area contributed by atoms with Gasteiger partial charge in [-0.2, -0.15) is 5.10 Å². The van der Waals surface area contributed by atoms with Crippen molar-refractivity contribution in [3.05, 3.63) is 78.0 Å². The van der Waals surface area contributed by atoms with Gasteiger partial charge in [-0.25, -0.2) is 4.79 Å². The quantitative estimate of drug-likeness (QED) is 0.729. The number of fused-ring (bicyclic) bond motifs is 1. The number of carbonyl (C=O) groups excluding carboxylic acids is 1. The predicted octanol–water partition coefficient (Wildman–Crippen LogP) is 3.76. The second-order valence-electron chi connectivity index (χ2n) is 6.05. The number of carbonyl (C=O) groups is 1. The molecule has 4 rings (SSSR count). The second kappa shape index (κ2) is 6.32. The van der Waals surface area contributed by atoms with E-state index in [1.54, 1.807) is 0 Å². The van der Waals surface area contributed by atoms with Crippen molar-refractivity contribution in [3.8, 4) is 0 Å². The molecule has 2 atom stereocenters. The first kappa shape index (κ1) is 14.7. The Morgan fingerprint density at radius 2 is 1.88 bits per heavy atom. The van der Waals surface area contributed by atoms with E-state index in [1.807, 2.05) is 42.5 Å². The van der Waals surface area contributed by atoms with Gasteiger partial charge in [0.25, 0.3) is 0 Å². The van der Waals surface area contributed by atoms with E-state index >= 15 is 0 Å². The van der Waals surface area contributed by atoms with E-state index in [9.17, 15) is 4.79 Å². The number of nitrogens with one attached hydrogen (secondary N) is 1. The molecule has 0 spiro atoms. The van der Waals surface area contributed by atoms with Gasteiger partial charge in [-0.3, -0.25) is 5.10 Å². The fourth-order valence-electron chi connectivity index (χ4n) is 3.30. The highest BCUT2D eigenvalue weighted by molar-refractivity contribution is 5.85. The molecule has 1 aliphatic heterocycles. The molecule has 0 bridgehead atoms. The first-order chi connectivity index (χ1) is 11.8. The van der Waals surface area contributed by atoms with Crippen molar-refractivity contribution in [1.29, 1.82) is 0 Å². The average molecular weight is 318 g/mol. The topological polar surface area (TPSA) is 55.0 Å². The van der Waals surface area contributed by atoms with Crippen molar-refractivity contribution in [2.45, 2.75) is 24.9 Å². The minimum atomic E-state index is -0.270. The van der Waals surface area contributed by atoms with Gasteiger partial charge < -0.3 is 4.74 Å². The number of ether oxygens (including phenoxy) is 1. The smallest absolute Gasteiger partial charge is 0.331 e. The summed E-state index contributed by atoms with van der Waals surface area (Å²) in [6.07, 6.45) is 4.91. The minimum absolute atomic E-state index is 0.0558. The summed E-state index contributed by atoms with van der Waals surface area (Å²) < 4.78 is 5.49. The van der Waals surface area contributed by atoms with E-state index in [0.29, 0.717) is 0 Å². The molecule has 3 aromatic rings. The van der Waals surface area contributed by atoms with Crippen LogP contribution < -0.4 is 0 Å². The molecule has 0 saturated heterocycles. The SMILES string of the molecule is O=C1C=CC(C(CCc2ccccc2)c2[nH]nc3ccccc23)O1. The van der Waals surface area contributed by atoms with Crippen molar-refractivity contribution in [2.24, 2.45) is 0 Å². The number of aryl methyl sites for hydroxylation is 1. The monoisotopic (exact) mass is 318 g/mol. The second-order valence-corrected chi connectivity index (χ2v) is 6.05. The van der Waals surface area contributed by atoms with Crippen LogP contribution in [0.5, 0.6) is 0 Å². The zero-order chi connectivity index (χ0) is 16.4. The highest BCUT2D eigenvalue weighted by atomic mass is 16.5. The summed E-state index contributed by atoms with van der Waals surface area (Å²) in [6.45, 7) is 0. The zero-order valence-electron chi connectivity index (χ0n) is 13.2. The Morgan fingerprint density at radius 3 is 2.67 bits per heavy atom. The lowest BCUT2D eigenvalue weighted by Crippen LogP contribution is -2.20. The molecular weight excluding hydrogens is 300 g/mol. The normalized spacial score (nSPS) is 18.0. The predicted molar refractivity (Wildman–Crippen MR) is 92.6 cm³/mol. The first-order valence-corrected chi connectivity index (χ1v) is 8.17. The van der Waals surface area contributed by atoms with Crippen LogP contribution in [0.25, 0.3) is 10.9 Å². The lowest BCUT2D eigenvalue weighted by molar-refractivity contribution is -0.139. The molecule has 2 unspecified atom stereocenters. The molecule has 0 radical (unpaired) electrons. The van der Waals surface area contributed by atoms with Crippen LogP contribution in [0, 0.1) is 0 Å². The molecule has 120 valence electrons. The number of esters is 1. The molecule has 4 heteroatoms. The van der Waals surface area contributed by atoms with E-state index < -0.39 is 0 Å². The first-order valence-electron chi connectivity index (χ1n) is 8.17. The number of rotatable bonds is 5. The van der Waals surface area contributed by atoms with Gasteiger partial charge in [0.2, 0.25) is 0 Å².